The minimum absolute atomic E-state index is 0.479. The van der Waals surface area contributed by atoms with Crippen molar-refractivity contribution >= 4 is 17.3 Å². The number of rotatable bonds is 4. The molecule has 2 aromatic carbocycles. The highest BCUT2D eigenvalue weighted by atomic mass is 35.5. The van der Waals surface area contributed by atoms with Gasteiger partial charge < -0.3 is 10.4 Å². The molecule has 18 heavy (non-hydrogen) atoms. The third-order valence-corrected chi connectivity index (χ3v) is 3.02. The van der Waals surface area contributed by atoms with Crippen LogP contribution in [0.2, 0.25) is 5.02 Å². The van der Waals surface area contributed by atoms with Crippen LogP contribution in [0.5, 0.6) is 0 Å². The van der Waals surface area contributed by atoms with E-state index in [0.717, 1.165) is 21.8 Å². The number of benzene rings is 2. The van der Waals surface area contributed by atoms with E-state index in [0.29, 0.717) is 6.54 Å². The summed E-state index contributed by atoms with van der Waals surface area (Å²) in [7, 11) is 0. The molecule has 0 radical (unpaired) electrons. The Morgan fingerprint density at radius 2 is 1.94 bits per heavy atom. The Morgan fingerprint density at radius 1 is 1.17 bits per heavy atom. The molecule has 0 aliphatic carbocycles. The average molecular weight is 262 g/mol. The van der Waals surface area contributed by atoms with Crippen molar-refractivity contribution in [3.63, 3.8) is 0 Å². The van der Waals surface area contributed by atoms with Crippen molar-refractivity contribution in [1.82, 2.24) is 0 Å². The quantitative estimate of drug-likeness (QED) is 0.872. The lowest BCUT2D eigenvalue weighted by Gasteiger charge is -2.14. The van der Waals surface area contributed by atoms with E-state index in [1.54, 1.807) is 6.92 Å². The lowest BCUT2D eigenvalue weighted by atomic mass is 10.1. The van der Waals surface area contributed by atoms with Crippen molar-refractivity contribution in [3.8, 4) is 0 Å². The van der Waals surface area contributed by atoms with Gasteiger partial charge in [0.2, 0.25) is 0 Å². The SMILES string of the molecule is CC(O)c1ccccc1NCc1cccc(Cl)c1. The topological polar surface area (TPSA) is 32.3 Å². The smallest absolute Gasteiger partial charge is 0.0781 e. The van der Waals surface area contributed by atoms with Gasteiger partial charge in [0.1, 0.15) is 0 Å². The van der Waals surface area contributed by atoms with Crippen LogP contribution in [-0.2, 0) is 6.54 Å². The third-order valence-electron chi connectivity index (χ3n) is 2.78. The summed E-state index contributed by atoms with van der Waals surface area (Å²) in [6.07, 6.45) is -0.479. The monoisotopic (exact) mass is 261 g/mol. The van der Waals surface area contributed by atoms with Crippen molar-refractivity contribution in [2.24, 2.45) is 0 Å². The Morgan fingerprint density at radius 3 is 2.67 bits per heavy atom. The van der Waals surface area contributed by atoms with Gasteiger partial charge in [-0.3, -0.25) is 0 Å². The lowest BCUT2D eigenvalue weighted by Crippen LogP contribution is -2.04. The molecule has 0 aromatic heterocycles. The third kappa shape index (κ3) is 3.25. The van der Waals surface area contributed by atoms with Crippen LogP contribution in [0.1, 0.15) is 24.2 Å². The summed E-state index contributed by atoms with van der Waals surface area (Å²) in [5, 5.41) is 13.7. The van der Waals surface area contributed by atoms with E-state index in [1.807, 2.05) is 48.5 Å². The van der Waals surface area contributed by atoms with Crippen molar-refractivity contribution in [3.05, 3.63) is 64.7 Å². The largest absolute Gasteiger partial charge is 0.389 e. The highest BCUT2D eigenvalue weighted by Crippen LogP contribution is 2.23. The molecule has 0 heterocycles. The number of para-hydroxylation sites is 1. The molecule has 94 valence electrons. The number of hydrogen-bond acceptors (Lipinski definition) is 2. The molecule has 1 atom stereocenters. The molecule has 0 bridgehead atoms. The Bertz CT molecular complexity index is 525. The van der Waals surface area contributed by atoms with Crippen LogP contribution in [0.4, 0.5) is 5.69 Å². The van der Waals surface area contributed by atoms with E-state index in [1.165, 1.54) is 0 Å². The Kier molecular flexibility index (Phi) is 4.24. The molecular formula is C15H16ClNO. The molecule has 1 unspecified atom stereocenters. The van der Waals surface area contributed by atoms with E-state index in [4.69, 9.17) is 11.6 Å². The van der Waals surface area contributed by atoms with E-state index < -0.39 is 6.10 Å². The van der Waals surface area contributed by atoms with E-state index >= 15 is 0 Å². The first-order valence-corrected chi connectivity index (χ1v) is 6.30. The van der Waals surface area contributed by atoms with Crippen LogP contribution in [0, 0.1) is 0 Å². The summed E-state index contributed by atoms with van der Waals surface area (Å²) >= 11 is 5.94. The molecule has 0 aliphatic heterocycles. The van der Waals surface area contributed by atoms with Gasteiger partial charge in [-0.25, -0.2) is 0 Å². The van der Waals surface area contributed by atoms with E-state index in [9.17, 15) is 5.11 Å². The molecule has 2 aromatic rings. The van der Waals surface area contributed by atoms with Gasteiger partial charge in [-0.15, -0.1) is 0 Å². The molecule has 3 heteroatoms. The highest BCUT2D eigenvalue weighted by Gasteiger charge is 2.06. The first kappa shape index (κ1) is 12.9. The summed E-state index contributed by atoms with van der Waals surface area (Å²) in [5.74, 6) is 0. The fourth-order valence-electron chi connectivity index (χ4n) is 1.87. The number of aliphatic hydroxyl groups is 1. The molecular weight excluding hydrogens is 246 g/mol. The van der Waals surface area contributed by atoms with Gasteiger partial charge in [0.25, 0.3) is 0 Å². The van der Waals surface area contributed by atoms with Crippen LogP contribution < -0.4 is 5.32 Å². The summed E-state index contributed by atoms with van der Waals surface area (Å²) in [4.78, 5) is 0. The summed E-state index contributed by atoms with van der Waals surface area (Å²) in [6, 6.07) is 15.5. The molecule has 2 N–H and O–H groups in total. The number of nitrogens with one attached hydrogen (secondary N) is 1. The number of hydrogen-bond donors (Lipinski definition) is 2. The van der Waals surface area contributed by atoms with Crippen molar-refractivity contribution < 1.29 is 5.11 Å². The van der Waals surface area contributed by atoms with Crippen molar-refractivity contribution in [2.45, 2.75) is 19.6 Å². The summed E-state index contributed by atoms with van der Waals surface area (Å²) in [5.41, 5.74) is 2.97. The molecule has 0 saturated heterocycles. The minimum Gasteiger partial charge on any atom is -0.389 e. The van der Waals surface area contributed by atoms with E-state index in [-0.39, 0.29) is 0 Å². The van der Waals surface area contributed by atoms with Crippen LogP contribution in [-0.4, -0.2) is 5.11 Å². The molecule has 2 nitrogen and oxygen atoms in total. The molecule has 0 fully saturated rings. The van der Waals surface area contributed by atoms with Gasteiger partial charge in [0.15, 0.2) is 0 Å². The zero-order valence-corrected chi connectivity index (χ0v) is 11.0. The van der Waals surface area contributed by atoms with Gasteiger partial charge in [0, 0.05) is 22.8 Å². The zero-order chi connectivity index (χ0) is 13.0. The molecule has 0 amide bonds. The maximum absolute atomic E-state index is 9.68. The summed E-state index contributed by atoms with van der Waals surface area (Å²) < 4.78 is 0. The van der Waals surface area contributed by atoms with Crippen molar-refractivity contribution in [1.29, 1.82) is 0 Å². The maximum Gasteiger partial charge on any atom is 0.0781 e. The standard InChI is InChI=1S/C15H16ClNO/c1-11(18)14-7-2-3-8-15(14)17-10-12-5-4-6-13(16)9-12/h2-9,11,17-18H,10H2,1H3. The van der Waals surface area contributed by atoms with Crippen LogP contribution in [0.15, 0.2) is 48.5 Å². The number of aliphatic hydroxyl groups excluding tert-OH is 1. The second-order valence-corrected chi connectivity index (χ2v) is 4.68. The Hall–Kier alpha value is -1.51. The first-order chi connectivity index (χ1) is 8.66. The molecule has 0 spiro atoms. The summed E-state index contributed by atoms with van der Waals surface area (Å²) in [6.45, 7) is 2.45. The van der Waals surface area contributed by atoms with Gasteiger partial charge in [-0.1, -0.05) is 41.9 Å². The average Bonchev–Trinajstić information content (AvgIpc) is 2.37. The minimum atomic E-state index is -0.479. The van der Waals surface area contributed by atoms with Gasteiger partial charge >= 0.3 is 0 Å². The van der Waals surface area contributed by atoms with Crippen LogP contribution >= 0.6 is 11.6 Å². The maximum atomic E-state index is 9.68. The molecule has 0 saturated carbocycles. The predicted molar refractivity (Wildman–Crippen MR) is 75.9 cm³/mol. The zero-order valence-electron chi connectivity index (χ0n) is 10.2. The van der Waals surface area contributed by atoms with Crippen molar-refractivity contribution in [2.75, 3.05) is 5.32 Å². The van der Waals surface area contributed by atoms with Gasteiger partial charge in [-0.2, -0.15) is 0 Å². The highest BCUT2D eigenvalue weighted by molar-refractivity contribution is 6.30. The van der Waals surface area contributed by atoms with Crippen LogP contribution in [0.3, 0.4) is 0 Å². The fraction of sp³-hybridized carbons (Fsp3) is 0.200. The molecule has 0 aliphatic rings. The second-order valence-electron chi connectivity index (χ2n) is 4.25. The first-order valence-electron chi connectivity index (χ1n) is 5.92. The van der Waals surface area contributed by atoms with Crippen LogP contribution in [0.25, 0.3) is 0 Å². The Labute approximate surface area is 112 Å². The second kappa shape index (κ2) is 5.89. The predicted octanol–water partition coefficient (Wildman–Crippen LogP) is 4.01. The normalized spacial score (nSPS) is 12.2. The Balaban J connectivity index is 2.11. The van der Waals surface area contributed by atoms with Gasteiger partial charge in [0.05, 0.1) is 6.10 Å². The fourth-order valence-corrected chi connectivity index (χ4v) is 2.08. The number of anilines is 1. The number of halogens is 1. The van der Waals surface area contributed by atoms with E-state index in [2.05, 4.69) is 5.32 Å². The lowest BCUT2D eigenvalue weighted by molar-refractivity contribution is 0.200. The molecule has 2 rings (SSSR count). The van der Waals surface area contributed by atoms with Gasteiger partial charge in [-0.05, 0) is 30.7 Å².